The van der Waals surface area contributed by atoms with Crippen molar-refractivity contribution in [1.82, 2.24) is 31.1 Å². The first-order valence-electron chi connectivity index (χ1n) is 11.5. The van der Waals surface area contributed by atoms with Crippen LogP contribution in [0.25, 0.3) is 16.8 Å². The molecule has 7 nitrogen and oxygen atoms in total. The molecule has 3 N–H and O–H groups in total. The first-order valence-corrected chi connectivity index (χ1v) is 11.5. The Hall–Kier alpha value is -3.58. The maximum atomic E-state index is 4.64. The number of aliphatic imine (C=N–C) groups is 1. The Morgan fingerprint density at radius 2 is 2.15 bits per heavy atom. The number of benzene rings is 1. The molecule has 7 heteroatoms. The number of fused-ring (bicyclic) bond motifs is 4. The van der Waals surface area contributed by atoms with E-state index in [1.807, 2.05) is 30.2 Å². The van der Waals surface area contributed by atoms with E-state index in [2.05, 4.69) is 93.9 Å². The van der Waals surface area contributed by atoms with Crippen molar-refractivity contribution in [2.24, 2.45) is 17.5 Å². The quantitative estimate of drug-likeness (QED) is 0.682. The van der Waals surface area contributed by atoms with E-state index in [0.29, 0.717) is 0 Å². The summed E-state index contributed by atoms with van der Waals surface area (Å²) in [5.74, 6) is 0. The van der Waals surface area contributed by atoms with Crippen molar-refractivity contribution in [3.63, 3.8) is 0 Å². The van der Waals surface area contributed by atoms with Crippen molar-refractivity contribution < 1.29 is 0 Å². The van der Waals surface area contributed by atoms with E-state index in [0.717, 1.165) is 29.9 Å². The van der Waals surface area contributed by atoms with Gasteiger partial charge in [-0.1, -0.05) is 31.2 Å². The fourth-order valence-corrected chi connectivity index (χ4v) is 5.28. The van der Waals surface area contributed by atoms with Crippen LogP contribution in [0, 0.1) is 5.41 Å². The summed E-state index contributed by atoms with van der Waals surface area (Å²) < 4.78 is 1.85. The summed E-state index contributed by atoms with van der Waals surface area (Å²) in [7, 11) is 1.96. The summed E-state index contributed by atoms with van der Waals surface area (Å²) in [6.07, 6.45) is 17.9. The molecule has 0 radical (unpaired) electrons. The lowest BCUT2D eigenvalue weighted by atomic mass is 9.77. The highest BCUT2D eigenvalue weighted by Crippen LogP contribution is 2.40. The smallest absolute Gasteiger partial charge is 0.0814 e. The summed E-state index contributed by atoms with van der Waals surface area (Å²) in [5.41, 5.74) is 14.9. The summed E-state index contributed by atoms with van der Waals surface area (Å²) in [5, 5.41) is 10.5. The molecule has 3 aliphatic heterocycles. The Bertz CT molecular complexity index is 1260. The molecule has 1 aromatic carbocycles. The fourth-order valence-electron chi connectivity index (χ4n) is 5.28. The molecule has 0 saturated heterocycles. The number of aryl methyl sites for hydroxylation is 1. The molecule has 0 spiro atoms. The van der Waals surface area contributed by atoms with Crippen molar-refractivity contribution in [3.8, 4) is 11.1 Å². The summed E-state index contributed by atoms with van der Waals surface area (Å²) in [6.45, 7) is 5.27. The minimum atomic E-state index is -0.0957. The number of allylic oxidation sites excluding steroid dienone is 3. The van der Waals surface area contributed by atoms with E-state index in [-0.39, 0.29) is 17.5 Å². The number of nitrogens with one attached hydrogen (secondary N) is 3. The lowest BCUT2D eigenvalue weighted by Crippen LogP contribution is -2.38. The number of dihydropyridines is 1. The second-order valence-corrected chi connectivity index (χ2v) is 9.48. The van der Waals surface area contributed by atoms with Gasteiger partial charge in [0.05, 0.1) is 29.7 Å². The zero-order valence-electron chi connectivity index (χ0n) is 19.2. The van der Waals surface area contributed by atoms with E-state index in [9.17, 15) is 0 Å². The van der Waals surface area contributed by atoms with Crippen molar-refractivity contribution in [1.29, 1.82) is 0 Å². The Balaban J connectivity index is 1.41. The molecular formula is C26H29N7. The molecule has 3 atom stereocenters. The van der Waals surface area contributed by atoms with Crippen LogP contribution < -0.4 is 16.3 Å². The molecule has 6 rings (SSSR count). The molecule has 0 fully saturated rings. The molecule has 168 valence electrons. The number of nitrogens with zero attached hydrogens (tertiary/aromatic N) is 4. The normalized spacial score (nSPS) is 27.5. The molecule has 33 heavy (non-hydrogen) atoms. The van der Waals surface area contributed by atoms with Gasteiger partial charge in [-0.2, -0.15) is 5.10 Å². The Morgan fingerprint density at radius 1 is 1.24 bits per heavy atom. The summed E-state index contributed by atoms with van der Waals surface area (Å²) in [4.78, 5) is 4.64. The third-order valence-corrected chi connectivity index (χ3v) is 7.06. The average molecular weight is 440 g/mol. The zero-order chi connectivity index (χ0) is 22.6. The van der Waals surface area contributed by atoms with E-state index in [1.54, 1.807) is 0 Å². The van der Waals surface area contributed by atoms with Crippen molar-refractivity contribution in [3.05, 3.63) is 83.5 Å². The topological polar surface area (TPSA) is 69.5 Å². The molecular weight excluding hydrogens is 410 g/mol. The largest absolute Gasteiger partial charge is 0.378 e. The third kappa shape index (κ3) is 3.40. The van der Waals surface area contributed by atoms with Crippen LogP contribution in [-0.4, -0.2) is 33.6 Å². The average Bonchev–Trinajstić information content (AvgIpc) is 3.36. The van der Waals surface area contributed by atoms with Crippen LogP contribution in [0.3, 0.4) is 0 Å². The van der Waals surface area contributed by atoms with Crippen LogP contribution in [0.15, 0.2) is 77.4 Å². The molecule has 2 aromatic rings. The lowest BCUT2D eigenvalue weighted by Gasteiger charge is -2.34. The van der Waals surface area contributed by atoms with Crippen LogP contribution in [0.4, 0.5) is 0 Å². The molecule has 4 heterocycles. The highest BCUT2D eigenvalue weighted by atomic mass is 15.7. The molecule has 4 aliphatic rings. The predicted molar refractivity (Wildman–Crippen MR) is 131 cm³/mol. The molecule has 0 bridgehead atoms. The van der Waals surface area contributed by atoms with Crippen molar-refractivity contribution in [2.45, 2.75) is 32.4 Å². The maximum absolute atomic E-state index is 4.64. The monoisotopic (exact) mass is 439 g/mol. The second-order valence-electron chi connectivity index (χ2n) is 9.48. The van der Waals surface area contributed by atoms with Gasteiger partial charge in [-0.3, -0.25) is 14.7 Å². The van der Waals surface area contributed by atoms with Gasteiger partial charge < -0.3 is 10.7 Å². The second kappa shape index (κ2) is 7.49. The van der Waals surface area contributed by atoms with Crippen molar-refractivity contribution in [2.75, 3.05) is 6.54 Å². The molecule has 3 unspecified atom stereocenters. The van der Waals surface area contributed by atoms with E-state index in [4.69, 9.17) is 0 Å². The Kier molecular flexibility index (Phi) is 4.55. The van der Waals surface area contributed by atoms with Crippen LogP contribution in [-0.2, 0) is 7.05 Å². The highest BCUT2D eigenvalue weighted by Gasteiger charge is 2.34. The summed E-state index contributed by atoms with van der Waals surface area (Å²) in [6, 6.07) is 7.12. The molecule has 1 aromatic heterocycles. The number of aromatic nitrogens is 2. The highest BCUT2D eigenvalue weighted by molar-refractivity contribution is 5.75. The van der Waals surface area contributed by atoms with Crippen LogP contribution >= 0.6 is 0 Å². The first kappa shape index (κ1) is 20.1. The Morgan fingerprint density at radius 3 is 3.00 bits per heavy atom. The standard InChI is InChI=1S/C26H29N7/c1-17-25-21-7-5-18(19-15-28-32(3)16-19)13-22(21)23(9-12-33(25)31-30-17)29-20-6-8-24-26(2,14-20)10-4-11-27-24/h4-8,10-11,13-16,23-24,29-31H,9,12H2,1-3H3. The fraction of sp³-hybridized carbons (Fsp3) is 0.308. The lowest BCUT2D eigenvalue weighted by molar-refractivity contribution is 0.275. The molecule has 0 saturated carbocycles. The van der Waals surface area contributed by atoms with Crippen molar-refractivity contribution >= 4 is 11.9 Å². The maximum Gasteiger partial charge on any atom is 0.0814 e. The number of rotatable bonds is 3. The predicted octanol–water partition coefficient (Wildman–Crippen LogP) is 3.60. The van der Waals surface area contributed by atoms with Gasteiger partial charge in [-0.05, 0) is 48.8 Å². The van der Waals surface area contributed by atoms with E-state index >= 15 is 0 Å². The number of hydrazine groups is 2. The van der Waals surface area contributed by atoms with Crippen LogP contribution in [0.1, 0.15) is 37.4 Å². The van der Waals surface area contributed by atoms with Gasteiger partial charge >= 0.3 is 0 Å². The van der Waals surface area contributed by atoms with Gasteiger partial charge in [-0.15, -0.1) is 5.53 Å². The van der Waals surface area contributed by atoms with Crippen LogP contribution in [0.2, 0.25) is 0 Å². The van der Waals surface area contributed by atoms with Crippen LogP contribution in [0.5, 0.6) is 0 Å². The Labute approximate surface area is 194 Å². The van der Waals surface area contributed by atoms with E-state index < -0.39 is 0 Å². The van der Waals surface area contributed by atoms with Gasteiger partial charge in [0.15, 0.2) is 0 Å². The van der Waals surface area contributed by atoms with E-state index in [1.165, 1.54) is 22.4 Å². The number of hydrogen-bond donors (Lipinski definition) is 3. The minimum Gasteiger partial charge on any atom is -0.378 e. The molecule has 1 aliphatic carbocycles. The van der Waals surface area contributed by atoms with Gasteiger partial charge in [-0.25, -0.2) is 0 Å². The number of hydrogen-bond acceptors (Lipinski definition) is 6. The van der Waals surface area contributed by atoms with Gasteiger partial charge in [0.25, 0.3) is 0 Å². The zero-order valence-corrected chi connectivity index (χ0v) is 19.2. The van der Waals surface area contributed by atoms with Gasteiger partial charge in [0.1, 0.15) is 0 Å². The SMILES string of the molecule is CC1=C2c3ccc(-c4cnn(C)c4)cc3C(NC3=CC4(C)C=CC=NC4C=C3)CCN2NN1. The first-order chi connectivity index (χ1) is 16.0. The van der Waals surface area contributed by atoms with Gasteiger partial charge in [0, 0.05) is 48.2 Å². The van der Waals surface area contributed by atoms with Gasteiger partial charge in [0.2, 0.25) is 0 Å². The third-order valence-electron chi connectivity index (χ3n) is 7.06. The summed E-state index contributed by atoms with van der Waals surface area (Å²) >= 11 is 0. The minimum absolute atomic E-state index is 0.0957. The molecule has 0 amide bonds.